The van der Waals surface area contributed by atoms with E-state index < -0.39 is 10.0 Å². The van der Waals surface area contributed by atoms with Gasteiger partial charge >= 0.3 is 0 Å². The van der Waals surface area contributed by atoms with Crippen molar-refractivity contribution in [2.45, 2.75) is 11.8 Å². The summed E-state index contributed by atoms with van der Waals surface area (Å²) in [5.41, 5.74) is 6.46. The summed E-state index contributed by atoms with van der Waals surface area (Å²) in [6.07, 6.45) is 0. The number of ether oxygens (including phenoxy) is 1. The van der Waals surface area contributed by atoms with Crippen LogP contribution < -0.4 is 10.5 Å². The van der Waals surface area contributed by atoms with Crippen LogP contribution in [0.2, 0.25) is 5.02 Å². The van der Waals surface area contributed by atoms with Gasteiger partial charge in [0.25, 0.3) is 0 Å². The van der Waals surface area contributed by atoms with E-state index in [2.05, 4.69) is 4.72 Å². The van der Waals surface area contributed by atoms with Crippen molar-refractivity contribution in [3.63, 3.8) is 0 Å². The molecule has 0 saturated carbocycles. The lowest BCUT2D eigenvalue weighted by Gasteiger charge is -2.11. The van der Waals surface area contributed by atoms with Gasteiger partial charge in [-0.3, -0.25) is 0 Å². The Hall–Kier alpha value is -0.860. The first kappa shape index (κ1) is 16.2. The summed E-state index contributed by atoms with van der Waals surface area (Å²) in [6, 6.07) is 2.85. The van der Waals surface area contributed by atoms with Crippen LogP contribution in [0, 0.1) is 6.92 Å². The number of nitrogens with two attached hydrogens (primary N) is 1. The third-order valence-corrected chi connectivity index (χ3v) is 4.23. The largest absolute Gasteiger partial charge is 0.398 e. The van der Waals surface area contributed by atoms with Gasteiger partial charge < -0.3 is 15.6 Å². The number of halogens is 1. The standard InChI is InChI=1S/C11H17ClN2O4S/c1-8-10(13)6-9(12)7-11(8)19(16,17)14-2-4-18-5-3-15/h6-7,14-15H,2-5,13H2,1H3. The molecule has 0 aliphatic rings. The number of rotatable bonds is 7. The van der Waals surface area contributed by atoms with E-state index in [9.17, 15) is 8.42 Å². The molecular formula is C11H17ClN2O4S. The van der Waals surface area contributed by atoms with Crippen LogP contribution in [0.3, 0.4) is 0 Å². The van der Waals surface area contributed by atoms with Gasteiger partial charge in [-0.2, -0.15) is 0 Å². The zero-order chi connectivity index (χ0) is 14.5. The first-order valence-corrected chi connectivity index (χ1v) is 7.48. The first-order valence-electron chi connectivity index (χ1n) is 5.62. The lowest BCUT2D eigenvalue weighted by molar-refractivity contribution is 0.0961. The van der Waals surface area contributed by atoms with E-state index in [-0.39, 0.29) is 36.3 Å². The van der Waals surface area contributed by atoms with E-state index >= 15 is 0 Å². The molecule has 6 nitrogen and oxygen atoms in total. The molecule has 0 amide bonds. The summed E-state index contributed by atoms with van der Waals surface area (Å²) >= 11 is 5.81. The van der Waals surface area contributed by atoms with Gasteiger partial charge in [0.15, 0.2) is 0 Å². The van der Waals surface area contributed by atoms with Crippen molar-refractivity contribution < 1.29 is 18.3 Å². The number of nitrogens with one attached hydrogen (secondary N) is 1. The van der Waals surface area contributed by atoms with E-state index in [4.69, 9.17) is 27.2 Å². The minimum Gasteiger partial charge on any atom is -0.398 e. The van der Waals surface area contributed by atoms with Crippen molar-refractivity contribution in [3.05, 3.63) is 22.7 Å². The van der Waals surface area contributed by atoms with E-state index in [1.54, 1.807) is 6.92 Å². The number of hydrogen-bond acceptors (Lipinski definition) is 5. The lowest BCUT2D eigenvalue weighted by Crippen LogP contribution is -2.28. The maximum atomic E-state index is 12.1. The SMILES string of the molecule is Cc1c(N)cc(Cl)cc1S(=O)(=O)NCCOCCO. The highest BCUT2D eigenvalue weighted by Gasteiger charge is 2.18. The Balaban J connectivity index is 2.78. The summed E-state index contributed by atoms with van der Waals surface area (Å²) in [5.74, 6) is 0. The second-order valence-corrected chi connectivity index (χ2v) is 6.02. The molecule has 0 heterocycles. The van der Waals surface area contributed by atoms with Crippen molar-refractivity contribution >= 4 is 27.3 Å². The van der Waals surface area contributed by atoms with Gasteiger partial charge in [-0.05, 0) is 24.6 Å². The Bertz CT molecular complexity index is 534. The molecule has 0 saturated heterocycles. The van der Waals surface area contributed by atoms with Crippen molar-refractivity contribution in [1.82, 2.24) is 4.72 Å². The minimum atomic E-state index is -3.68. The molecule has 1 aromatic rings. The van der Waals surface area contributed by atoms with Gasteiger partial charge in [0.2, 0.25) is 10.0 Å². The van der Waals surface area contributed by atoms with Crippen LogP contribution >= 0.6 is 11.6 Å². The van der Waals surface area contributed by atoms with Gasteiger partial charge in [-0.15, -0.1) is 0 Å². The van der Waals surface area contributed by atoms with E-state index in [0.29, 0.717) is 11.3 Å². The first-order chi connectivity index (χ1) is 8.88. The van der Waals surface area contributed by atoms with Crippen LogP contribution in [0.4, 0.5) is 5.69 Å². The zero-order valence-electron chi connectivity index (χ0n) is 10.5. The van der Waals surface area contributed by atoms with Gasteiger partial charge in [0.05, 0.1) is 24.7 Å². The van der Waals surface area contributed by atoms with Crippen molar-refractivity contribution in [1.29, 1.82) is 0 Å². The van der Waals surface area contributed by atoms with Gasteiger partial charge in [-0.25, -0.2) is 13.1 Å². The van der Waals surface area contributed by atoms with Crippen LogP contribution in [0.1, 0.15) is 5.56 Å². The monoisotopic (exact) mass is 308 g/mol. The van der Waals surface area contributed by atoms with Crippen molar-refractivity contribution in [2.24, 2.45) is 0 Å². The fourth-order valence-electron chi connectivity index (χ4n) is 1.45. The highest BCUT2D eigenvalue weighted by molar-refractivity contribution is 7.89. The molecule has 0 fully saturated rings. The fraction of sp³-hybridized carbons (Fsp3) is 0.455. The third kappa shape index (κ3) is 4.63. The second-order valence-electron chi connectivity index (χ2n) is 3.85. The summed E-state index contributed by atoms with van der Waals surface area (Å²) < 4.78 is 31.5. The van der Waals surface area contributed by atoms with Crippen molar-refractivity contribution in [3.8, 4) is 0 Å². The molecule has 19 heavy (non-hydrogen) atoms. The van der Waals surface area contributed by atoms with Gasteiger partial charge in [0.1, 0.15) is 0 Å². The smallest absolute Gasteiger partial charge is 0.241 e. The van der Waals surface area contributed by atoms with Crippen LogP contribution in [0.15, 0.2) is 17.0 Å². The Kier molecular flexibility index (Phi) is 6.02. The van der Waals surface area contributed by atoms with Crippen LogP contribution in [0.25, 0.3) is 0 Å². The number of benzene rings is 1. The predicted octanol–water partition coefficient (Wildman–Crippen LogP) is 0.518. The van der Waals surface area contributed by atoms with E-state index in [1.165, 1.54) is 12.1 Å². The second kappa shape index (κ2) is 7.06. The van der Waals surface area contributed by atoms with E-state index in [0.717, 1.165) is 0 Å². The van der Waals surface area contributed by atoms with Gasteiger partial charge in [-0.1, -0.05) is 11.6 Å². The molecule has 0 bridgehead atoms. The molecule has 0 aromatic heterocycles. The Morgan fingerprint density at radius 3 is 2.74 bits per heavy atom. The molecular weight excluding hydrogens is 292 g/mol. The molecule has 1 rings (SSSR count). The Morgan fingerprint density at radius 1 is 1.42 bits per heavy atom. The molecule has 0 aliphatic carbocycles. The number of nitrogen functional groups attached to an aromatic ring is 1. The molecule has 1 aromatic carbocycles. The fourth-order valence-corrected chi connectivity index (χ4v) is 3.05. The highest BCUT2D eigenvalue weighted by Crippen LogP contribution is 2.25. The third-order valence-electron chi connectivity index (χ3n) is 2.43. The number of sulfonamides is 1. The summed E-state index contributed by atoms with van der Waals surface area (Å²) in [6.45, 7) is 1.97. The summed E-state index contributed by atoms with van der Waals surface area (Å²) in [5, 5.41) is 8.77. The Labute approximate surface area is 117 Å². The van der Waals surface area contributed by atoms with E-state index in [1.807, 2.05) is 0 Å². The predicted molar refractivity (Wildman–Crippen MR) is 73.7 cm³/mol. The number of anilines is 1. The lowest BCUT2D eigenvalue weighted by atomic mass is 10.2. The molecule has 108 valence electrons. The molecule has 4 N–H and O–H groups in total. The maximum Gasteiger partial charge on any atom is 0.241 e. The van der Waals surface area contributed by atoms with Crippen LogP contribution in [-0.2, 0) is 14.8 Å². The molecule has 0 unspecified atom stereocenters. The van der Waals surface area contributed by atoms with Crippen molar-refractivity contribution in [2.75, 3.05) is 32.1 Å². The minimum absolute atomic E-state index is 0.0552. The Morgan fingerprint density at radius 2 is 2.11 bits per heavy atom. The average Bonchev–Trinajstić information content (AvgIpc) is 2.33. The van der Waals surface area contributed by atoms with Crippen LogP contribution in [0.5, 0.6) is 0 Å². The number of hydrogen-bond donors (Lipinski definition) is 3. The van der Waals surface area contributed by atoms with Crippen LogP contribution in [-0.4, -0.2) is 39.9 Å². The normalized spacial score (nSPS) is 11.7. The molecule has 8 heteroatoms. The molecule has 0 atom stereocenters. The molecule has 0 aliphatic heterocycles. The number of aliphatic hydroxyl groups excluding tert-OH is 1. The number of aliphatic hydroxyl groups is 1. The topological polar surface area (TPSA) is 102 Å². The quantitative estimate of drug-likeness (QED) is 0.503. The highest BCUT2D eigenvalue weighted by atomic mass is 35.5. The average molecular weight is 309 g/mol. The molecule has 0 spiro atoms. The maximum absolute atomic E-state index is 12.1. The summed E-state index contributed by atoms with van der Waals surface area (Å²) in [7, 11) is -3.68. The van der Waals surface area contributed by atoms with Gasteiger partial charge in [0, 0.05) is 17.3 Å². The molecule has 0 radical (unpaired) electrons. The zero-order valence-corrected chi connectivity index (χ0v) is 12.1. The summed E-state index contributed by atoms with van der Waals surface area (Å²) in [4.78, 5) is 0.0552.